The highest BCUT2D eigenvalue weighted by atomic mass is 19.1. The van der Waals surface area contributed by atoms with Gasteiger partial charge in [0.25, 0.3) is 0 Å². The molecule has 0 saturated carbocycles. The minimum Gasteiger partial charge on any atom is -0.459 e. The normalized spacial score (nSPS) is 13.2. The van der Waals surface area contributed by atoms with Gasteiger partial charge in [0.15, 0.2) is 0 Å². The number of aromatic nitrogens is 1. The standard InChI is InChI=1S/C13H19FN2O2/c1-8-5-9(11(14)16-7-8)6-10(15)12(17)18-13(2,3)4/h5,7,10H,6,15H2,1-4H3/t10-/m1/s1. The summed E-state index contributed by atoms with van der Waals surface area (Å²) in [6.07, 6.45) is 1.51. The lowest BCUT2D eigenvalue weighted by atomic mass is 10.1. The van der Waals surface area contributed by atoms with Gasteiger partial charge >= 0.3 is 5.97 Å². The lowest BCUT2D eigenvalue weighted by Crippen LogP contribution is -2.39. The molecule has 0 aliphatic heterocycles. The fourth-order valence-corrected chi connectivity index (χ4v) is 1.45. The van der Waals surface area contributed by atoms with Crippen LogP contribution in [0, 0.1) is 12.9 Å². The zero-order chi connectivity index (χ0) is 13.9. The van der Waals surface area contributed by atoms with E-state index in [-0.39, 0.29) is 6.42 Å². The van der Waals surface area contributed by atoms with Gasteiger partial charge in [0.2, 0.25) is 5.95 Å². The maximum absolute atomic E-state index is 13.4. The Kier molecular flexibility index (Phi) is 4.40. The van der Waals surface area contributed by atoms with Crippen LogP contribution in [0.4, 0.5) is 4.39 Å². The van der Waals surface area contributed by atoms with Gasteiger partial charge in [-0.05, 0) is 39.3 Å². The third-order valence-electron chi connectivity index (χ3n) is 2.20. The van der Waals surface area contributed by atoms with Crippen molar-refractivity contribution in [3.8, 4) is 0 Å². The van der Waals surface area contributed by atoms with Crippen LogP contribution in [-0.4, -0.2) is 22.6 Å². The van der Waals surface area contributed by atoms with E-state index in [9.17, 15) is 9.18 Å². The second-order valence-electron chi connectivity index (χ2n) is 5.31. The number of aryl methyl sites for hydroxylation is 1. The first-order chi connectivity index (χ1) is 8.19. The fourth-order valence-electron chi connectivity index (χ4n) is 1.45. The summed E-state index contributed by atoms with van der Waals surface area (Å²) in [5, 5.41) is 0. The molecule has 0 spiro atoms. The third kappa shape index (κ3) is 4.41. The number of nitrogens with two attached hydrogens (primary N) is 1. The Morgan fingerprint density at radius 2 is 2.17 bits per heavy atom. The van der Waals surface area contributed by atoms with Crippen molar-refractivity contribution in [1.82, 2.24) is 4.98 Å². The van der Waals surface area contributed by atoms with E-state index in [1.165, 1.54) is 6.20 Å². The van der Waals surface area contributed by atoms with Gasteiger partial charge in [-0.3, -0.25) is 4.79 Å². The van der Waals surface area contributed by atoms with Crippen LogP contribution in [0.3, 0.4) is 0 Å². The van der Waals surface area contributed by atoms with Crippen molar-refractivity contribution in [2.75, 3.05) is 0 Å². The second kappa shape index (κ2) is 5.44. The molecule has 0 unspecified atom stereocenters. The highest BCUT2D eigenvalue weighted by Gasteiger charge is 2.23. The van der Waals surface area contributed by atoms with Gasteiger partial charge in [-0.1, -0.05) is 0 Å². The van der Waals surface area contributed by atoms with E-state index < -0.39 is 23.6 Å². The van der Waals surface area contributed by atoms with Crippen molar-refractivity contribution < 1.29 is 13.9 Å². The Balaban J connectivity index is 2.72. The van der Waals surface area contributed by atoms with Crippen molar-refractivity contribution >= 4 is 5.97 Å². The van der Waals surface area contributed by atoms with Crippen LogP contribution in [0.15, 0.2) is 12.3 Å². The topological polar surface area (TPSA) is 65.2 Å². The van der Waals surface area contributed by atoms with Crippen LogP contribution < -0.4 is 5.73 Å². The monoisotopic (exact) mass is 254 g/mol. The van der Waals surface area contributed by atoms with Crippen LogP contribution in [0.1, 0.15) is 31.9 Å². The van der Waals surface area contributed by atoms with E-state index in [2.05, 4.69) is 4.98 Å². The van der Waals surface area contributed by atoms with Crippen molar-refractivity contribution in [2.45, 2.75) is 45.8 Å². The van der Waals surface area contributed by atoms with Crippen molar-refractivity contribution in [1.29, 1.82) is 0 Å². The maximum Gasteiger partial charge on any atom is 0.323 e. The number of pyridine rings is 1. The van der Waals surface area contributed by atoms with Crippen LogP contribution in [0.2, 0.25) is 0 Å². The summed E-state index contributed by atoms with van der Waals surface area (Å²) in [7, 11) is 0. The summed E-state index contributed by atoms with van der Waals surface area (Å²) in [6, 6.07) is 0.745. The number of halogens is 1. The van der Waals surface area contributed by atoms with Gasteiger partial charge in [0.1, 0.15) is 11.6 Å². The molecule has 1 rings (SSSR count). The molecular formula is C13H19FN2O2. The number of carbonyl (C=O) groups excluding carboxylic acids is 1. The van der Waals surface area contributed by atoms with Crippen molar-refractivity contribution in [3.63, 3.8) is 0 Å². The van der Waals surface area contributed by atoms with Gasteiger partial charge < -0.3 is 10.5 Å². The van der Waals surface area contributed by atoms with Crippen LogP contribution in [-0.2, 0) is 16.0 Å². The molecule has 0 aliphatic carbocycles. The Morgan fingerprint density at radius 1 is 1.56 bits per heavy atom. The Bertz CT molecular complexity index is 441. The molecule has 0 bridgehead atoms. The van der Waals surface area contributed by atoms with E-state index in [0.717, 1.165) is 5.56 Å². The molecule has 0 radical (unpaired) electrons. The van der Waals surface area contributed by atoms with Gasteiger partial charge in [-0.25, -0.2) is 4.98 Å². The zero-order valence-electron chi connectivity index (χ0n) is 11.2. The first-order valence-electron chi connectivity index (χ1n) is 5.78. The highest BCUT2D eigenvalue weighted by molar-refractivity contribution is 5.76. The molecule has 18 heavy (non-hydrogen) atoms. The second-order valence-corrected chi connectivity index (χ2v) is 5.31. The minimum absolute atomic E-state index is 0.0788. The average Bonchev–Trinajstić information content (AvgIpc) is 2.21. The van der Waals surface area contributed by atoms with Crippen LogP contribution in [0.25, 0.3) is 0 Å². The molecule has 1 atom stereocenters. The molecule has 2 N–H and O–H groups in total. The lowest BCUT2D eigenvalue weighted by molar-refractivity contribution is -0.156. The number of nitrogens with zero attached hydrogens (tertiary/aromatic N) is 1. The number of ether oxygens (including phenoxy) is 1. The number of hydrogen-bond donors (Lipinski definition) is 1. The summed E-state index contributed by atoms with van der Waals surface area (Å²) in [6.45, 7) is 7.07. The minimum atomic E-state index is -0.887. The molecule has 4 nitrogen and oxygen atoms in total. The van der Waals surface area contributed by atoms with E-state index in [4.69, 9.17) is 10.5 Å². The van der Waals surface area contributed by atoms with E-state index in [0.29, 0.717) is 5.56 Å². The Hall–Kier alpha value is -1.49. The average molecular weight is 254 g/mol. The van der Waals surface area contributed by atoms with Gasteiger partial charge in [0.05, 0.1) is 0 Å². The van der Waals surface area contributed by atoms with E-state index >= 15 is 0 Å². The van der Waals surface area contributed by atoms with Crippen molar-refractivity contribution in [3.05, 3.63) is 29.3 Å². The number of hydrogen-bond acceptors (Lipinski definition) is 4. The van der Waals surface area contributed by atoms with E-state index in [1.807, 2.05) is 0 Å². The molecule has 0 aliphatic rings. The Morgan fingerprint density at radius 3 is 2.72 bits per heavy atom. The number of esters is 1. The van der Waals surface area contributed by atoms with Crippen LogP contribution in [0.5, 0.6) is 0 Å². The van der Waals surface area contributed by atoms with Gasteiger partial charge in [0, 0.05) is 18.2 Å². The SMILES string of the molecule is Cc1cnc(F)c(C[C@@H](N)C(=O)OC(C)(C)C)c1. The van der Waals surface area contributed by atoms with E-state index in [1.54, 1.807) is 33.8 Å². The summed E-state index contributed by atoms with van der Waals surface area (Å²) < 4.78 is 18.5. The molecule has 1 aromatic heterocycles. The van der Waals surface area contributed by atoms with Crippen LogP contribution >= 0.6 is 0 Å². The molecule has 0 aromatic carbocycles. The third-order valence-corrected chi connectivity index (χ3v) is 2.20. The molecule has 100 valence electrons. The first kappa shape index (κ1) is 14.6. The lowest BCUT2D eigenvalue weighted by Gasteiger charge is -2.22. The summed E-state index contributed by atoms with van der Waals surface area (Å²) in [5.74, 6) is -1.14. The summed E-state index contributed by atoms with van der Waals surface area (Å²) >= 11 is 0. The van der Waals surface area contributed by atoms with Gasteiger partial charge in [-0.2, -0.15) is 4.39 Å². The Labute approximate surface area is 106 Å². The van der Waals surface area contributed by atoms with Gasteiger partial charge in [-0.15, -0.1) is 0 Å². The summed E-state index contributed by atoms with van der Waals surface area (Å²) in [4.78, 5) is 15.3. The maximum atomic E-state index is 13.4. The number of rotatable bonds is 3. The molecule has 1 heterocycles. The molecular weight excluding hydrogens is 235 g/mol. The summed E-state index contributed by atoms with van der Waals surface area (Å²) in [5.41, 5.74) is 6.26. The smallest absolute Gasteiger partial charge is 0.323 e. The largest absolute Gasteiger partial charge is 0.459 e. The van der Waals surface area contributed by atoms with Crippen molar-refractivity contribution in [2.24, 2.45) is 5.73 Å². The predicted molar refractivity (Wildman–Crippen MR) is 66.5 cm³/mol. The number of carbonyl (C=O) groups is 1. The molecule has 0 saturated heterocycles. The first-order valence-corrected chi connectivity index (χ1v) is 5.78. The molecule has 1 aromatic rings. The zero-order valence-corrected chi connectivity index (χ0v) is 11.2. The molecule has 0 amide bonds. The molecule has 5 heteroatoms. The predicted octanol–water partition coefficient (Wildman–Crippen LogP) is 1.74. The quantitative estimate of drug-likeness (QED) is 0.659. The fraction of sp³-hybridized carbons (Fsp3) is 0.538. The molecule has 0 fully saturated rings. The highest BCUT2D eigenvalue weighted by Crippen LogP contribution is 2.12.